The SMILES string of the molecule is c1ccc2c(c1)-c1cccc3c(C4=NC(c5ccc6ccccc6c5)N=C(c5cccc6oc7ccncc7c56)N4)ccc-2c13. The lowest BCUT2D eigenvalue weighted by molar-refractivity contribution is 0.668. The largest absolute Gasteiger partial charge is 0.456 e. The lowest BCUT2D eigenvalue weighted by atomic mass is 9.97. The van der Waals surface area contributed by atoms with E-state index in [-0.39, 0.29) is 0 Å². The highest BCUT2D eigenvalue weighted by molar-refractivity contribution is 6.27. The summed E-state index contributed by atoms with van der Waals surface area (Å²) >= 11 is 0. The number of furan rings is 1. The molecule has 210 valence electrons. The number of rotatable bonds is 3. The van der Waals surface area contributed by atoms with Crippen LogP contribution in [0.4, 0.5) is 0 Å². The molecule has 0 saturated carbocycles. The van der Waals surface area contributed by atoms with Crippen LogP contribution in [-0.2, 0) is 0 Å². The lowest BCUT2D eigenvalue weighted by Gasteiger charge is -2.24. The maximum Gasteiger partial charge on any atom is 0.169 e. The minimum absolute atomic E-state index is 0.437. The molecule has 0 amide bonds. The molecule has 2 aromatic heterocycles. The van der Waals surface area contributed by atoms with Gasteiger partial charge in [0.2, 0.25) is 0 Å². The van der Waals surface area contributed by atoms with Crippen molar-refractivity contribution in [1.82, 2.24) is 10.3 Å². The van der Waals surface area contributed by atoms with Crippen molar-refractivity contribution in [2.75, 3.05) is 0 Å². The van der Waals surface area contributed by atoms with Crippen LogP contribution in [-0.4, -0.2) is 16.7 Å². The van der Waals surface area contributed by atoms with E-state index >= 15 is 0 Å². The van der Waals surface area contributed by atoms with E-state index in [0.717, 1.165) is 50.3 Å². The number of aliphatic imine (C=N–C) groups is 2. The number of fused-ring (bicyclic) bond motifs is 7. The van der Waals surface area contributed by atoms with Crippen LogP contribution in [0.1, 0.15) is 22.9 Å². The van der Waals surface area contributed by atoms with Crippen molar-refractivity contribution in [3.63, 3.8) is 0 Å². The number of amidine groups is 2. The van der Waals surface area contributed by atoms with Gasteiger partial charge in [-0.15, -0.1) is 0 Å². The topological polar surface area (TPSA) is 62.8 Å². The fourth-order valence-corrected chi connectivity index (χ4v) is 7.12. The fraction of sp³-hybridized carbons (Fsp3) is 0.0250. The summed E-state index contributed by atoms with van der Waals surface area (Å²) in [7, 11) is 0. The summed E-state index contributed by atoms with van der Waals surface area (Å²) in [5.41, 5.74) is 9.72. The second kappa shape index (κ2) is 9.21. The second-order valence-corrected chi connectivity index (χ2v) is 11.6. The van der Waals surface area contributed by atoms with Crippen molar-refractivity contribution >= 4 is 55.2 Å². The highest BCUT2D eigenvalue weighted by Crippen LogP contribution is 2.48. The molecule has 8 aromatic rings. The molecule has 1 unspecified atom stereocenters. The standard InChI is InChI=1S/C40H24N4O/c1-2-8-24-21-25(16-15-23(24)7-1)38-42-39(31-18-17-30-27-10-4-3-9-26(27)28-11-5-12-29(31)36(28)30)44-40(43-38)32-13-6-14-35-37(32)33-22-41-20-19-34(33)45-35/h1-22,38H,(H,42,43,44). The normalized spacial score (nSPS) is 15.3. The highest BCUT2D eigenvalue weighted by Gasteiger charge is 2.27. The highest BCUT2D eigenvalue weighted by atomic mass is 16.3. The van der Waals surface area contributed by atoms with Crippen LogP contribution in [0.15, 0.2) is 148 Å². The monoisotopic (exact) mass is 576 g/mol. The van der Waals surface area contributed by atoms with E-state index in [0.29, 0.717) is 0 Å². The van der Waals surface area contributed by atoms with Crippen LogP contribution in [0.2, 0.25) is 0 Å². The van der Waals surface area contributed by atoms with Gasteiger partial charge in [0.1, 0.15) is 22.8 Å². The smallest absolute Gasteiger partial charge is 0.169 e. The molecular weight excluding hydrogens is 552 g/mol. The predicted octanol–water partition coefficient (Wildman–Crippen LogP) is 9.43. The third-order valence-electron chi connectivity index (χ3n) is 9.17. The van der Waals surface area contributed by atoms with Gasteiger partial charge >= 0.3 is 0 Å². The number of benzene rings is 6. The maximum absolute atomic E-state index is 6.22. The van der Waals surface area contributed by atoms with Gasteiger partial charge in [-0.2, -0.15) is 0 Å². The first-order valence-electron chi connectivity index (χ1n) is 15.1. The Morgan fingerprint density at radius 2 is 1.22 bits per heavy atom. The summed E-state index contributed by atoms with van der Waals surface area (Å²) in [5.74, 6) is 1.54. The van der Waals surface area contributed by atoms with Crippen LogP contribution in [0.3, 0.4) is 0 Å². The first-order chi connectivity index (χ1) is 22.3. The third kappa shape index (κ3) is 3.58. The Bertz CT molecular complexity index is 2560. The molecule has 0 spiro atoms. The zero-order valence-electron chi connectivity index (χ0n) is 24.0. The zero-order valence-corrected chi connectivity index (χ0v) is 24.0. The minimum Gasteiger partial charge on any atom is -0.456 e. The molecule has 0 bridgehead atoms. The molecule has 6 aromatic carbocycles. The van der Waals surface area contributed by atoms with Gasteiger partial charge in [0, 0.05) is 34.3 Å². The van der Waals surface area contributed by atoms with Crippen LogP contribution in [0.25, 0.3) is 65.7 Å². The molecule has 0 saturated heterocycles. The molecule has 1 aliphatic carbocycles. The maximum atomic E-state index is 6.22. The Balaban J connectivity index is 1.20. The average Bonchev–Trinajstić information content (AvgIpc) is 3.65. The van der Waals surface area contributed by atoms with Gasteiger partial charge in [-0.1, -0.05) is 103 Å². The van der Waals surface area contributed by atoms with Crippen molar-refractivity contribution in [3.05, 3.63) is 150 Å². The Kier molecular flexibility index (Phi) is 4.99. The van der Waals surface area contributed by atoms with Gasteiger partial charge in [-0.05, 0) is 67.6 Å². The Hall–Kier alpha value is -6.07. The van der Waals surface area contributed by atoms with Gasteiger partial charge in [0.15, 0.2) is 6.17 Å². The van der Waals surface area contributed by atoms with Gasteiger partial charge in [-0.3, -0.25) is 4.98 Å². The van der Waals surface area contributed by atoms with E-state index in [2.05, 4.69) is 113 Å². The van der Waals surface area contributed by atoms with Crippen molar-refractivity contribution in [2.24, 2.45) is 9.98 Å². The summed E-state index contributed by atoms with van der Waals surface area (Å²) in [5, 5.41) is 10.4. The Morgan fingerprint density at radius 3 is 2.11 bits per heavy atom. The summed E-state index contributed by atoms with van der Waals surface area (Å²) in [6, 6.07) is 42.6. The van der Waals surface area contributed by atoms with Crippen LogP contribution in [0, 0.1) is 0 Å². The van der Waals surface area contributed by atoms with Crippen molar-refractivity contribution < 1.29 is 4.42 Å². The molecule has 5 nitrogen and oxygen atoms in total. The zero-order chi connectivity index (χ0) is 29.5. The van der Waals surface area contributed by atoms with Gasteiger partial charge in [0.05, 0.1) is 0 Å². The summed E-state index contributed by atoms with van der Waals surface area (Å²) in [6.07, 6.45) is 3.19. The number of nitrogens with one attached hydrogen (secondary N) is 1. The van der Waals surface area contributed by atoms with E-state index in [1.165, 1.54) is 43.8 Å². The van der Waals surface area contributed by atoms with Gasteiger partial charge in [0.25, 0.3) is 0 Å². The second-order valence-electron chi connectivity index (χ2n) is 11.6. The van der Waals surface area contributed by atoms with E-state index < -0.39 is 6.17 Å². The molecule has 2 aliphatic rings. The summed E-state index contributed by atoms with van der Waals surface area (Å²) in [4.78, 5) is 15.0. The fourth-order valence-electron chi connectivity index (χ4n) is 7.12. The molecular formula is C40H24N4O. The molecule has 1 aliphatic heterocycles. The molecule has 1 atom stereocenters. The van der Waals surface area contributed by atoms with E-state index in [1.54, 1.807) is 6.20 Å². The third-order valence-corrected chi connectivity index (χ3v) is 9.17. The van der Waals surface area contributed by atoms with E-state index in [9.17, 15) is 0 Å². The first-order valence-corrected chi connectivity index (χ1v) is 15.1. The molecule has 1 N–H and O–H groups in total. The van der Waals surface area contributed by atoms with Crippen molar-refractivity contribution in [2.45, 2.75) is 6.17 Å². The summed E-state index contributed by atoms with van der Waals surface area (Å²) in [6.45, 7) is 0. The molecule has 0 radical (unpaired) electrons. The van der Waals surface area contributed by atoms with E-state index in [4.69, 9.17) is 14.4 Å². The quantitative estimate of drug-likeness (QED) is 0.228. The van der Waals surface area contributed by atoms with Gasteiger partial charge < -0.3 is 9.73 Å². The van der Waals surface area contributed by atoms with Crippen LogP contribution < -0.4 is 5.32 Å². The predicted molar refractivity (Wildman–Crippen MR) is 183 cm³/mol. The first kappa shape index (κ1) is 24.4. The van der Waals surface area contributed by atoms with Crippen LogP contribution >= 0.6 is 0 Å². The number of aromatic nitrogens is 1. The van der Waals surface area contributed by atoms with Crippen molar-refractivity contribution in [1.29, 1.82) is 0 Å². The molecule has 5 heteroatoms. The molecule has 3 heterocycles. The molecule has 0 fully saturated rings. The summed E-state index contributed by atoms with van der Waals surface area (Å²) < 4.78 is 6.22. The number of hydrogen-bond donors (Lipinski definition) is 1. The lowest BCUT2D eigenvalue weighted by Crippen LogP contribution is -2.36. The van der Waals surface area contributed by atoms with Crippen LogP contribution in [0.5, 0.6) is 0 Å². The molecule has 10 rings (SSSR count). The minimum atomic E-state index is -0.437. The number of nitrogens with zero attached hydrogens (tertiary/aromatic N) is 3. The Morgan fingerprint density at radius 1 is 0.511 bits per heavy atom. The molecule has 45 heavy (non-hydrogen) atoms. The van der Waals surface area contributed by atoms with E-state index in [1.807, 2.05) is 24.4 Å². The average molecular weight is 577 g/mol. The number of hydrogen-bond acceptors (Lipinski definition) is 5. The Labute approximate surface area is 258 Å². The van der Waals surface area contributed by atoms with Gasteiger partial charge in [-0.25, -0.2) is 9.98 Å². The number of pyridine rings is 1. The van der Waals surface area contributed by atoms with Crippen molar-refractivity contribution in [3.8, 4) is 22.3 Å².